The van der Waals surface area contributed by atoms with E-state index in [9.17, 15) is 9.59 Å². The number of carboxylic acid groups (broad SMARTS) is 1. The van der Waals surface area contributed by atoms with Crippen molar-refractivity contribution < 1.29 is 19.4 Å². The molecule has 1 aliphatic rings. The maximum absolute atomic E-state index is 12.3. The van der Waals surface area contributed by atoms with E-state index in [2.05, 4.69) is 15.9 Å². The van der Waals surface area contributed by atoms with Crippen LogP contribution in [0.2, 0.25) is 0 Å². The van der Waals surface area contributed by atoms with E-state index < -0.39 is 11.9 Å². The maximum Gasteiger partial charge on any atom is 0.306 e. The molecule has 1 heterocycles. The number of carbonyl (C=O) groups excluding carboxylic acids is 1. The molecule has 2 rings (SSSR count). The number of carbonyl (C=O) groups is 2. The van der Waals surface area contributed by atoms with Gasteiger partial charge in [-0.05, 0) is 18.2 Å². The Morgan fingerprint density at radius 1 is 1.45 bits per heavy atom. The van der Waals surface area contributed by atoms with Crippen LogP contribution >= 0.6 is 15.9 Å². The molecule has 1 N–H and O–H groups in total. The van der Waals surface area contributed by atoms with E-state index in [0.29, 0.717) is 24.4 Å². The van der Waals surface area contributed by atoms with Gasteiger partial charge in [0.05, 0.1) is 18.6 Å². The number of ether oxygens (including phenoxy) is 1. The smallest absolute Gasteiger partial charge is 0.306 e. The van der Waals surface area contributed by atoms with Gasteiger partial charge in [-0.3, -0.25) is 9.59 Å². The first-order valence-corrected chi connectivity index (χ1v) is 7.09. The highest BCUT2D eigenvalue weighted by Crippen LogP contribution is 2.29. The zero-order valence-electron chi connectivity index (χ0n) is 11.3. The van der Waals surface area contributed by atoms with Gasteiger partial charge in [-0.1, -0.05) is 22.9 Å². The lowest BCUT2D eigenvalue weighted by Crippen LogP contribution is -2.53. The highest BCUT2D eigenvalue weighted by atomic mass is 79.9. The number of hydrogen-bond donors (Lipinski definition) is 1. The van der Waals surface area contributed by atoms with Crippen LogP contribution in [0.3, 0.4) is 0 Å². The number of methoxy groups -OCH3 is 1. The predicted octanol–water partition coefficient (Wildman–Crippen LogP) is 2.25. The molecule has 1 atom stereocenters. The van der Waals surface area contributed by atoms with Crippen LogP contribution in [0, 0.1) is 11.8 Å². The summed E-state index contributed by atoms with van der Waals surface area (Å²) in [5, 5.41) is 8.94. The largest absolute Gasteiger partial charge is 0.496 e. The van der Waals surface area contributed by atoms with Crippen molar-refractivity contribution in [1.29, 1.82) is 0 Å². The van der Waals surface area contributed by atoms with Gasteiger partial charge in [0.25, 0.3) is 5.91 Å². The van der Waals surface area contributed by atoms with Gasteiger partial charge in [0.2, 0.25) is 0 Å². The normalized spacial score (nSPS) is 16.4. The molecule has 5 nitrogen and oxygen atoms in total. The van der Waals surface area contributed by atoms with Gasteiger partial charge in [0.1, 0.15) is 5.75 Å². The van der Waals surface area contributed by atoms with Crippen molar-refractivity contribution in [1.82, 2.24) is 4.90 Å². The molecule has 0 spiro atoms. The Morgan fingerprint density at radius 3 is 2.65 bits per heavy atom. The molecule has 1 unspecified atom stereocenters. The lowest BCUT2D eigenvalue weighted by Gasteiger charge is -2.41. The van der Waals surface area contributed by atoms with Crippen molar-refractivity contribution in [2.45, 2.75) is 6.92 Å². The number of hydrogen-bond acceptors (Lipinski definition) is 3. The third-order valence-electron chi connectivity index (χ3n) is 3.69. The molecular weight excluding hydrogens is 326 g/mol. The number of amides is 1. The van der Waals surface area contributed by atoms with Gasteiger partial charge >= 0.3 is 5.97 Å². The number of halogens is 1. The number of likely N-dealkylation sites (tertiary alicyclic amines) is 1. The van der Waals surface area contributed by atoms with Gasteiger partial charge in [0.15, 0.2) is 0 Å². The van der Waals surface area contributed by atoms with E-state index in [0.717, 1.165) is 4.47 Å². The number of rotatable bonds is 4. The topological polar surface area (TPSA) is 66.8 Å². The Morgan fingerprint density at radius 2 is 2.10 bits per heavy atom. The molecule has 1 aliphatic heterocycles. The molecule has 0 bridgehead atoms. The molecule has 6 heteroatoms. The molecule has 0 saturated carbocycles. The lowest BCUT2D eigenvalue weighted by molar-refractivity contribution is -0.144. The Balaban J connectivity index is 2.06. The first-order valence-electron chi connectivity index (χ1n) is 6.29. The molecule has 1 aromatic rings. The Hall–Kier alpha value is -1.56. The summed E-state index contributed by atoms with van der Waals surface area (Å²) in [4.78, 5) is 24.9. The van der Waals surface area contributed by atoms with Crippen LogP contribution in [0.15, 0.2) is 22.7 Å². The SMILES string of the molecule is COc1cc(Br)ccc1C(=O)N1CC(C(C)C(=O)O)C1. The number of carboxylic acids is 1. The minimum absolute atomic E-state index is 0.0258. The lowest BCUT2D eigenvalue weighted by atomic mass is 9.86. The predicted molar refractivity (Wildman–Crippen MR) is 76.9 cm³/mol. The van der Waals surface area contributed by atoms with Crippen LogP contribution in [0.5, 0.6) is 5.75 Å². The molecule has 0 radical (unpaired) electrons. The minimum Gasteiger partial charge on any atom is -0.496 e. The first kappa shape index (κ1) is 14.8. The summed E-state index contributed by atoms with van der Waals surface area (Å²) in [5.41, 5.74) is 0.497. The molecule has 20 heavy (non-hydrogen) atoms. The van der Waals surface area contributed by atoms with E-state index in [1.807, 2.05) is 0 Å². The third-order valence-corrected chi connectivity index (χ3v) is 4.18. The summed E-state index contributed by atoms with van der Waals surface area (Å²) in [6.45, 7) is 2.63. The van der Waals surface area contributed by atoms with Gasteiger partial charge in [0, 0.05) is 23.5 Å². The number of aliphatic carboxylic acids is 1. The van der Waals surface area contributed by atoms with Crippen LogP contribution in [0.4, 0.5) is 0 Å². The van der Waals surface area contributed by atoms with E-state index in [4.69, 9.17) is 9.84 Å². The summed E-state index contributed by atoms with van der Waals surface area (Å²) < 4.78 is 6.05. The number of nitrogens with zero attached hydrogens (tertiary/aromatic N) is 1. The Labute approximate surface area is 125 Å². The summed E-state index contributed by atoms with van der Waals surface area (Å²) >= 11 is 3.33. The Kier molecular flexibility index (Phi) is 4.32. The van der Waals surface area contributed by atoms with Crippen molar-refractivity contribution in [3.63, 3.8) is 0 Å². The van der Waals surface area contributed by atoms with Crippen LogP contribution in [-0.2, 0) is 4.79 Å². The maximum atomic E-state index is 12.3. The summed E-state index contributed by atoms with van der Waals surface area (Å²) in [6.07, 6.45) is 0. The second kappa shape index (κ2) is 5.83. The van der Waals surface area contributed by atoms with Crippen LogP contribution in [0.1, 0.15) is 17.3 Å². The molecule has 108 valence electrons. The van der Waals surface area contributed by atoms with Gasteiger partial charge in [-0.25, -0.2) is 0 Å². The molecule has 1 fully saturated rings. The molecule has 1 amide bonds. The quantitative estimate of drug-likeness (QED) is 0.911. The average molecular weight is 342 g/mol. The van der Waals surface area contributed by atoms with E-state index in [1.165, 1.54) is 7.11 Å². The van der Waals surface area contributed by atoms with Crippen molar-refractivity contribution in [3.8, 4) is 5.75 Å². The van der Waals surface area contributed by atoms with Crippen molar-refractivity contribution in [2.24, 2.45) is 11.8 Å². The van der Waals surface area contributed by atoms with Crippen molar-refractivity contribution in [3.05, 3.63) is 28.2 Å². The van der Waals surface area contributed by atoms with E-state index >= 15 is 0 Å². The molecular formula is C14H16BrNO4. The Bertz CT molecular complexity index is 540. The molecule has 1 aromatic carbocycles. The highest BCUT2D eigenvalue weighted by Gasteiger charge is 2.38. The fraction of sp³-hybridized carbons (Fsp3) is 0.429. The average Bonchev–Trinajstić information content (AvgIpc) is 2.36. The van der Waals surface area contributed by atoms with Gasteiger partial charge in [-0.15, -0.1) is 0 Å². The van der Waals surface area contributed by atoms with Gasteiger partial charge < -0.3 is 14.7 Å². The van der Waals surface area contributed by atoms with Crippen molar-refractivity contribution in [2.75, 3.05) is 20.2 Å². The monoisotopic (exact) mass is 341 g/mol. The fourth-order valence-electron chi connectivity index (χ4n) is 2.21. The van der Waals surface area contributed by atoms with Gasteiger partial charge in [-0.2, -0.15) is 0 Å². The summed E-state index contributed by atoms with van der Waals surface area (Å²) in [7, 11) is 1.52. The second-order valence-corrected chi connectivity index (χ2v) is 5.86. The standard InChI is InChI=1S/C14H16BrNO4/c1-8(14(18)19)9-6-16(7-9)13(17)11-4-3-10(15)5-12(11)20-2/h3-5,8-9H,6-7H2,1-2H3,(H,18,19). The first-order chi connectivity index (χ1) is 9.43. The third kappa shape index (κ3) is 2.80. The van der Waals surface area contributed by atoms with E-state index in [-0.39, 0.29) is 11.8 Å². The number of benzene rings is 1. The van der Waals surface area contributed by atoms with E-state index in [1.54, 1.807) is 30.0 Å². The second-order valence-electron chi connectivity index (χ2n) is 4.94. The minimum atomic E-state index is -0.816. The molecule has 0 aromatic heterocycles. The van der Waals surface area contributed by atoms with Crippen LogP contribution in [0.25, 0.3) is 0 Å². The summed E-state index contributed by atoms with van der Waals surface area (Å²) in [6, 6.07) is 5.23. The fourth-order valence-corrected chi connectivity index (χ4v) is 2.55. The molecule has 1 saturated heterocycles. The highest BCUT2D eigenvalue weighted by molar-refractivity contribution is 9.10. The van der Waals surface area contributed by atoms with Crippen LogP contribution in [-0.4, -0.2) is 42.1 Å². The summed E-state index contributed by atoms with van der Waals surface area (Å²) in [5.74, 6) is -0.825. The zero-order chi connectivity index (χ0) is 14.9. The molecule has 0 aliphatic carbocycles. The zero-order valence-corrected chi connectivity index (χ0v) is 12.9. The van der Waals surface area contributed by atoms with Crippen molar-refractivity contribution >= 4 is 27.8 Å². The van der Waals surface area contributed by atoms with Crippen LogP contribution < -0.4 is 4.74 Å².